The minimum absolute atomic E-state index is 0.0213. The van der Waals surface area contributed by atoms with Gasteiger partial charge in [-0.2, -0.15) is 0 Å². The van der Waals surface area contributed by atoms with Gasteiger partial charge in [0, 0.05) is 39.2 Å². The topological polar surface area (TPSA) is 95.5 Å². The molecule has 1 fully saturated rings. The van der Waals surface area contributed by atoms with Crippen LogP contribution in [0.1, 0.15) is 29.0 Å². The average molecular weight is 446 g/mol. The van der Waals surface area contributed by atoms with E-state index in [1.54, 1.807) is 21.9 Å². The Labute approximate surface area is 183 Å². The zero-order valence-electron chi connectivity index (χ0n) is 17.1. The van der Waals surface area contributed by atoms with Crippen LogP contribution in [-0.2, 0) is 9.59 Å². The van der Waals surface area contributed by atoms with E-state index in [4.69, 9.17) is 11.6 Å². The molecule has 2 aromatic rings. The molecule has 0 bridgehead atoms. The van der Waals surface area contributed by atoms with Gasteiger partial charge in [-0.3, -0.25) is 14.4 Å². The van der Waals surface area contributed by atoms with E-state index in [0.717, 1.165) is 6.20 Å². The first-order chi connectivity index (χ1) is 14.7. The van der Waals surface area contributed by atoms with E-state index >= 15 is 0 Å². The van der Waals surface area contributed by atoms with Crippen LogP contribution >= 0.6 is 11.6 Å². The first-order valence-corrected chi connectivity index (χ1v) is 9.87. The number of aromatic nitrogens is 2. The van der Waals surface area contributed by atoms with Crippen LogP contribution in [-0.4, -0.2) is 64.2 Å². The van der Waals surface area contributed by atoms with Gasteiger partial charge in [0.2, 0.25) is 11.8 Å². The van der Waals surface area contributed by atoms with E-state index in [2.05, 4.69) is 21.9 Å². The second-order valence-electron chi connectivity index (χ2n) is 6.95. The fourth-order valence-corrected chi connectivity index (χ4v) is 3.73. The van der Waals surface area contributed by atoms with Gasteiger partial charge >= 0.3 is 0 Å². The monoisotopic (exact) mass is 445 g/mol. The Bertz CT molecular complexity index is 1060. The van der Waals surface area contributed by atoms with Crippen LogP contribution in [0.25, 0.3) is 11.3 Å². The predicted molar refractivity (Wildman–Crippen MR) is 113 cm³/mol. The number of amides is 3. The molecular formula is C21H21ClFN5O3. The summed E-state index contributed by atoms with van der Waals surface area (Å²) in [6.45, 7) is 5.89. The first-order valence-electron chi connectivity index (χ1n) is 9.49. The molecule has 162 valence electrons. The van der Waals surface area contributed by atoms with E-state index < -0.39 is 17.8 Å². The third kappa shape index (κ3) is 4.72. The quantitative estimate of drug-likeness (QED) is 0.575. The number of piperazine rings is 1. The second-order valence-corrected chi connectivity index (χ2v) is 7.34. The molecule has 1 atom stereocenters. The van der Waals surface area contributed by atoms with Crippen molar-refractivity contribution in [2.45, 2.75) is 13.0 Å². The molecule has 0 aliphatic carbocycles. The highest BCUT2D eigenvalue weighted by atomic mass is 35.5. The van der Waals surface area contributed by atoms with Crippen LogP contribution in [0.15, 0.2) is 37.1 Å². The summed E-state index contributed by atoms with van der Waals surface area (Å²) in [5, 5.41) is 2.52. The predicted octanol–water partition coefficient (Wildman–Crippen LogP) is 2.21. The van der Waals surface area contributed by atoms with E-state index in [1.165, 1.54) is 26.1 Å². The maximum absolute atomic E-state index is 14.5. The van der Waals surface area contributed by atoms with Gasteiger partial charge in [0.1, 0.15) is 10.8 Å². The molecular weight excluding hydrogens is 425 g/mol. The number of carbonyl (C=O) groups is 3. The molecule has 3 rings (SSSR count). The molecule has 1 saturated heterocycles. The molecule has 3 heterocycles. The molecule has 3 amide bonds. The zero-order valence-corrected chi connectivity index (χ0v) is 17.8. The highest BCUT2D eigenvalue weighted by Gasteiger charge is 2.32. The number of hydrogen-bond acceptors (Lipinski definition) is 5. The van der Waals surface area contributed by atoms with E-state index in [0.29, 0.717) is 18.7 Å². The van der Waals surface area contributed by atoms with Crippen LogP contribution in [0.5, 0.6) is 0 Å². The third-order valence-corrected chi connectivity index (χ3v) is 5.26. The summed E-state index contributed by atoms with van der Waals surface area (Å²) in [6, 6.07) is 3.96. The number of pyridine rings is 2. The van der Waals surface area contributed by atoms with Crippen LogP contribution in [0.3, 0.4) is 0 Å². The minimum Gasteiger partial charge on any atom is -0.354 e. The van der Waals surface area contributed by atoms with Crippen molar-refractivity contribution in [3.8, 4) is 11.3 Å². The van der Waals surface area contributed by atoms with E-state index in [-0.39, 0.29) is 40.5 Å². The minimum atomic E-state index is -0.677. The van der Waals surface area contributed by atoms with Gasteiger partial charge in [0.15, 0.2) is 5.82 Å². The van der Waals surface area contributed by atoms with Crippen LogP contribution in [0, 0.1) is 5.82 Å². The van der Waals surface area contributed by atoms with Gasteiger partial charge in [-0.1, -0.05) is 18.2 Å². The lowest BCUT2D eigenvalue weighted by Crippen LogP contribution is -2.51. The van der Waals surface area contributed by atoms with Crippen LogP contribution in [0.4, 0.5) is 4.39 Å². The molecule has 2 aromatic heterocycles. The number of rotatable bonds is 4. The van der Waals surface area contributed by atoms with Crippen molar-refractivity contribution >= 4 is 29.3 Å². The van der Waals surface area contributed by atoms with E-state index in [1.807, 2.05) is 0 Å². The van der Waals surface area contributed by atoms with Crippen molar-refractivity contribution in [1.82, 2.24) is 25.1 Å². The summed E-state index contributed by atoms with van der Waals surface area (Å²) < 4.78 is 14.5. The summed E-state index contributed by atoms with van der Waals surface area (Å²) in [4.78, 5) is 47.4. The zero-order chi connectivity index (χ0) is 22.7. The van der Waals surface area contributed by atoms with Crippen LogP contribution < -0.4 is 5.32 Å². The van der Waals surface area contributed by atoms with Crippen molar-refractivity contribution in [1.29, 1.82) is 0 Å². The standard InChI is InChI=1S/C21H21ClFN5O3/c1-4-20(30)27-5-6-28(12(2)29)18(11-27)13-7-16(26-19(22)8-13)14-9-17(21(31)24-3)25-10-15(14)23/h4,7-10,18H,1,5-6,11H2,2-3H3,(H,24,31)/t18-/m1/s1. The summed E-state index contributed by atoms with van der Waals surface area (Å²) in [5.74, 6) is -1.56. The maximum Gasteiger partial charge on any atom is 0.269 e. The van der Waals surface area contributed by atoms with Gasteiger partial charge in [-0.05, 0) is 29.8 Å². The molecule has 31 heavy (non-hydrogen) atoms. The number of halogens is 2. The SMILES string of the molecule is C=CC(=O)N1CCN(C(C)=O)[C@@H](c2cc(Cl)nc(-c3cc(C(=O)NC)ncc3F)c2)C1. The Kier molecular flexibility index (Phi) is 6.65. The lowest BCUT2D eigenvalue weighted by atomic mass is 10.00. The third-order valence-electron chi connectivity index (χ3n) is 5.06. The lowest BCUT2D eigenvalue weighted by Gasteiger charge is -2.41. The van der Waals surface area contributed by atoms with Gasteiger partial charge in [-0.25, -0.2) is 14.4 Å². The fraction of sp³-hybridized carbons (Fsp3) is 0.286. The van der Waals surface area contributed by atoms with Gasteiger partial charge in [0.25, 0.3) is 5.91 Å². The van der Waals surface area contributed by atoms with Crippen molar-refractivity contribution in [2.24, 2.45) is 0 Å². The molecule has 0 unspecified atom stereocenters. The van der Waals surface area contributed by atoms with Crippen molar-refractivity contribution < 1.29 is 18.8 Å². The van der Waals surface area contributed by atoms with Crippen molar-refractivity contribution in [3.63, 3.8) is 0 Å². The van der Waals surface area contributed by atoms with Crippen molar-refractivity contribution in [3.05, 3.63) is 59.3 Å². The Morgan fingerprint density at radius 1 is 1.29 bits per heavy atom. The van der Waals surface area contributed by atoms with Gasteiger partial charge in [0.05, 0.1) is 17.9 Å². The van der Waals surface area contributed by atoms with Crippen LogP contribution in [0.2, 0.25) is 5.15 Å². The summed E-state index contributed by atoms with van der Waals surface area (Å²) in [7, 11) is 1.44. The summed E-state index contributed by atoms with van der Waals surface area (Å²) >= 11 is 6.23. The number of nitrogens with zero attached hydrogens (tertiary/aromatic N) is 4. The summed E-state index contributed by atoms with van der Waals surface area (Å²) in [5.41, 5.74) is 0.835. The number of hydrogen-bond donors (Lipinski definition) is 1. The van der Waals surface area contributed by atoms with Gasteiger partial charge in [-0.15, -0.1) is 0 Å². The number of carbonyl (C=O) groups excluding carboxylic acids is 3. The fourth-order valence-electron chi connectivity index (χ4n) is 3.51. The maximum atomic E-state index is 14.5. The molecule has 0 spiro atoms. The molecule has 10 heteroatoms. The Morgan fingerprint density at radius 3 is 2.68 bits per heavy atom. The average Bonchev–Trinajstić information content (AvgIpc) is 2.77. The molecule has 1 aliphatic rings. The normalized spacial score (nSPS) is 16.1. The molecule has 8 nitrogen and oxygen atoms in total. The Balaban J connectivity index is 2.07. The largest absolute Gasteiger partial charge is 0.354 e. The highest BCUT2D eigenvalue weighted by molar-refractivity contribution is 6.29. The Morgan fingerprint density at radius 2 is 2.03 bits per heavy atom. The smallest absolute Gasteiger partial charge is 0.269 e. The highest BCUT2D eigenvalue weighted by Crippen LogP contribution is 2.31. The van der Waals surface area contributed by atoms with Crippen molar-refractivity contribution in [2.75, 3.05) is 26.7 Å². The second kappa shape index (κ2) is 9.22. The van der Waals surface area contributed by atoms with E-state index in [9.17, 15) is 18.8 Å². The molecule has 1 N–H and O–H groups in total. The molecule has 0 aromatic carbocycles. The molecule has 0 radical (unpaired) electrons. The molecule has 1 aliphatic heterocycles. The summed E-state index contributed by atoms with van der Waals surface area (Å²) in [6.07, 6.45) is 2.16. The van der Waals surface area contributed by atoms with Gasteiger partial charge < -0.3 is 15.1 Å². The first kappa shape index (κ1) is 22.4. The Hall–Kier alpha value is -3.33. The lowest BCUT2D eigenvalue weighted by molar-refractivity contribution is -0.139. The number of nitrogens with one attached hydrogen (secondary N) is 1. The molecule has 0 saturated carbocycles.